The molecule has 0 radical (unpaired) electrons. The molecule has 122 valence electrons. The predicted octanol–water partition coefficient (Wildman–Crippen LogP) is 2.31. The Hall–Kier alpha value is -3.29. The van der Waals surface area contributed by atoms with Gasteiger partial charge in [0.05, 0.1) is 11.8 Å². The smallest absolute Gasteiger partial charge is 0.395 e. The van der Waals surface area contributed by atoms with Gasteiger partial charge in [-0.05, 0) is 24.6 Å². The average Bonchev–Trinajstić information content (AvgIpc) is 3.04. The zero-order valence-corrected chi connectivity index (χ0v) is 12.7. The van der Waals surface area contributed by atoms with E-state index in [1.54, 1.807) is 18.2 Å². The number of rotatable bonds is 3. The summed E-state index contributed by atoms with van der Waals surface area (Å²) in [5, 5.41) is 13.3. The van der Waals surface area contributed by atoms with Crippen molar-refractivity contribution in [2.75, 3.05) is 0 Å². The Kier molecular flexibility index (Phi) is 3.95. The Morgan fingerprint density at radius 3 is 2.88 bits per heavy atom. The molecule has 8 nitrogen and oxygen atoms in total. The molecule has 0 saturated carbocycles. The summed E-state index contributed by atoms with van der Waals surface area (Å²) in [4.78, 5) is 37.4. The molecule has 3 rings (SSSR count). The highest BCUT2D eigenvalue weighted by Crippen LogP contribution is 2.29. The third-order valence-electron chi connectivity index (χ3n) is 3.70. The maximum atomic E-state index is 12.0. The van der Waals surface area contributed by atoms with Crippen LogP contribution in [0.15, 0.2) is 57.1 Å². The number of amides is 2. The van der Waals surface area contributed by atoms with Crippen LogP contribution < -0.4 is 5.32 Å². The van der Waals surface area contributed by atoms with Gasteiger partial charge in [0.2, 0.25) is 11.7 Å². The van der Waals surface area contributed by atoms with E-state index < -0.39 is 16.7 Å². The van der Waals surface area contributed by atoms with Crippen LogP contribution in [0, 0.1) is 16.0 Å². The van der Waals surface area contributed by atoms with E-state index in [0.29, 0.717) is 11.4 Å². The van der Waals surface area contributed by atoms with Crippen LogP contribution >= 0.6 is 0 Å². The molecule has 0 fully saturated rings. The molecular formula is C16H13N3O5. The molecule has 1 aromatic rings. The number of carbonyl (C=O) groups excluding carboxylic acids is 2. The van der Waals surface area contributed by atoms with Gasteiger partial charge in [0.25, 0.3) is 0 Å². The molecule has 0 bridgehead atoms. The van der Waals surface area contributed by atoms with E-state index in [1.807, 2.05) is 13.0 Å². The number of furan rings is 1. The lowest BCUT2D eigenvalue weighted by Crippen LogP contribution is -2.33. The number of nitrogens with zero attached hydrogens (tertiary/aromatic N) is 2. The summed E-state index contributed by atoms with van der Waals surface area (Å²) < 4.78 is 4.83. The van der Waals surface area contributed by atoms with Crippen LogP contribution in [0.25, 0.3) is 0 Å². The maximum Gasteiger partial charge on any atom is 0.433 e. The van der Waals surface area contributed by atoms with E-state index in [9.17, 15) is 19.7 Å². The lowest BCUT2D eigenvalue weighted by atomic mass is 9.86. The third kappa shape index (κ3) is 2.94. The number of hydrogen-bond acceptors (Lipinski definition) is 5. The third-order valence-corrected chi connectivity index (χ3v) is 3.70. The molecule has 8 heteroatoms. The molecule has 1 N–H and O–H groups in total. The first-order valence-corrected chi connectivity index (χ1v) is 7.26. The van der Waals surface area contributed by atoms with Crippen LogP contribution in [0.5, 0.6) is 0 Å². The molecule has 2 aliphatic rings. The molecular weight excluding hydrogens is 314 g/mol. The number of nitrogens with one attached hydrogen (secondary N) is 1. The fourth-order valence-electron chi connectivity index (χ4n) is 2.57. The minimum absolute atomic E-state index is 0.0357. The number of carbonyl (C=O) groups is 2. The highest BCUT2D eigenvalue weighted by Gasteiger charge is 2.25. The van der Waals surface area contributed by atoms with E-state index in [1.165, 1.54) is 6.07 Å². The van der Waals surface area contributed by atoms with Crippen molar-refractivity contribution in [3.63, 3.8) is 0 Å². The molecule has 1 aliphatic heterocycles. The van der Waals surface area contributed by atoms with Crippen molar-refractivity contribution in [3.8, 4) is 0 Å². The summed E-state index contributed by atoms with van der Waals surface area (Å²) in [5.41, 5.74) is 1.97. The maximum absolute atomic E-state index is 12.0. The fraction of sp³-hybridized carbons (Fsp3) is 0.188. The average molecular weight is 327 g/mol. The normalized spacial score (nSPS) is 21.0. The van der Waals surface area contributed by atoms with Crippen LogP contribution in [0.4, 0.5) is 5.88 Å². The van der Waals surface area contributed by atoms with Gasteiger partial charge in [0, 0.05) is 17.7 Å². The summed E-state index contributed by atoms with van der Waals surface area (Å²) in [7, 11) is 0. The summed E-state index contributed by atoms with van der Waals surface area (Å²) in [6.45, 7) is 1.97. The second-order valence-corrected chi connectivity index (χ2v) is 5.24. The van der Waals surface area contributed by atoms with Gasteiger partial charge in [-0.1, -0.05) is 18.6 Å². The van der Waals surface area contributed by atoms with Crippen molar-refractivity contribution in [3.05, 3.63) is 63.6 Å². The van der Waals surface area contributed by atoms with Crippen molar-refractivity contribution in [2.24, 2.45) is 10.9 Å². The summed E-state index contributed by atoms with van der Waals surface area (Å²) in [6, 6.07) is 2.30. The van der Waals surface area contributed by atoms with Crippen LogP contribution in [-0.4, -0.2) is 22.4 Å². The largest absolute Gasteiger partial charge is 0.433 e. The first-order chi connectivity index (χ1) is 11.5. The van der Waals surface area contributed by atoms with Crippen LogP contribution in [0.3, 0.4) is 0 Å². The molecule has 24 heavy (non-hydrogen) atoms. The van der Waals surface area contributed by atoms with Crippen LogP contribution in [-0.2, 0) is 4.79 Å². The lowest BCUT2D eigenvalue weighted by Gasteiger charge is -2.26. The van der Waals surface area contributed by atoms with Crippen LogP contribution in [0.1, 0.15) is 23.9 Å². The second-order valence-electron chi connectivity index (χ2n) is 5.24. The quantitative estimate of drug-likeness (QED) is 0.675. The molecule has 2 amide bonds. The number of nitro groups is 1. The molecule has 1 aliphatic carbocycles. The van der Waals surface area contributed by atoms with Crippen molar-refractivity contribution >= 4 is 23.4 Å². The molecule has 1 atom stereocenters. The Bertz CT molecular complexity index is 857. The SMILES string of the molecule is CCC1=CC(=O)NC2=CC(=NC(=O)c3ccc([N+](=O)[O-])o3)C=CC12. The monoisotopic (exact) mass is 327 g/mol. The summed E-state index contributed by atoms with van der Waals surface area (Å²) >= 11 is 0. The molecule has 2 heterocycles. The van der Waals surface area contributed by atoms with Gasteiger partial charge in [-0.15, -0.1) is 0 Å². The second kappa shape index (κ2) is 6.07. The number of allylic oxidation sites excluding steroid dienone is 3. The van der Waals surface area contributed by atoms with E-state index in [4.69, 9.17) is 4.42 Å². The number of fused-ring (bicyclic) bond motifs is 1. The zero-order chi connectivity index (χ0) is 17.3. The highest BCUT2D eigenvalue weighted by atomic mass is 16.6. The topological polar surface area (TPSA) is 115 Å². The van der Waals surface area contributed by atoms with Gasteiger partial charge in [-0.25, -0.2) is 4.99 Å². The standard InChI is InChI=1S/C16H13N3O5/c1-2-9-7-14(20)18-12-8-10(3-4-11(9)12)17-16(21)13-5-6-15(24-13)19(22)23/h3-8,11H,2H2,1H3,(H,18,20). The fourth-order valence-corrected chi connectivity index (χ4v) is 2.57. The summed E-state index contributed by atoms with van der Waals surface area (Å²) in [5.74, 6) is -1.71. The lowest BCUT2D eigenvalue weighted by molar-refractivity contribution is -0.402. The van der Waals surface area contributed by atoms with Gasteiger partial charge >= 0.3 is 11.8 Å². The van der Waals surface area contributed by atoms with Crippen molar-refractivity contribution in [1.82, 2.24) is 5.32 Å². The predicted molar refractivity (Wildman–Crippen MR) is 84.4 cm³/mol. The Morgan fingerprint density at radius 2 is 2.21 bits per heavy atom. The number of aliphatic imine (C=N–C) groups is 1. The highest BCUT2D eigenvalue weighted by molar-refractivity contribution is 6.13. The molecule has 1 unspecified atom stereocenters. The van der Waals surface area contributed by atoms with E-state index in [-0.39, 0.29) is 17.6 Å². The van der Waals surface area contributed by atoms with Gasteiger partial charge in [-0.2, -0.15) is 0 Å². The van der Waals surface area contributed by atoms with Gasteiger partial charge < -0.3 is 9.73 Å². The molecule has 0 spiro atoms. The summed E-state index contributed by atoms with van der Waals surface area (Å²) in [6.07, 6.45) is 7.44. The Balaban J connectivity index is 1.85. The molecule has 1 aromatic heterocycles. The van der Waals surface area contributed by atoms with Gasteiger partial charge in [0.1, 0.15) is 4.92 Å². The minimum Gasteiger partial charge on any atom is -0.395 e. The molecule has 0 saturated heterocycles. The van der Waals surface area contributed by atoms with Crippen LogP contribution in [0.2, 0.25) is 0 Å². The van der Waals surface area contributed by atoms with E-state index >= 15 is 0 Å². The van der Waals surface area contributed by atoms with E-state index in [0.717, 1.165) is 18.1 Å². The van der Waals surface area contributed by atoms with Crippen molar-refractivity contribution in [2.45, 2.75) is 13.3 Å². The Labute approximate surface area is 136 Å². The molecule has 0 aromatic carbocycles. The van der Waals surface area contributed by atoms with E-state index in [2.05, 4.69) is 10.3 Å². The zero-order valence-electron chi connectivity index (χ0n) is 12.7. The Morgan fingerprint density at radius 1 is 1.42 bits per heavy atom. The number of hydrogen-bond donors (Lipinski definition) is 1. The minimum atomic E-state index is -0.730. The first-order valence-electron chi connectivity index (χ1n) is 7.26. The van der Waals surface area contributed by atoms with Gasteiger partial charge in [0.15, 0.2) is 0 Å². The van der Waals surface area contributed by atoms with Crippen molar-refractivity contribution < 1.29 is 18.9 Å². The first kappa shape index (κ1) is 15.6. The van der Waals surface area contributed by atoms with Crippen molar-refractivity contribution in [1.29, 1.82) is 0 Å². The van der Waals surface area contributed by atoms with Gasteiger partial charge in [-0.3, -0.25) is 19.7 Å².